The molecule has 0 aromatic heterocycles. The van der Waals surface area contributed by atoms with Gasteiger partial charge < -0.3 is 9.29 Å². The highest BCUT2D eigenvalue weighted by atomic mass is 32.2. The summed E-state index contributed by atoms with van der Waals surface area (Å²) in [7, 11) is -5.86. The Labute approximate surface area is 114 Å². The zero-order chi connectivity index (χ0) is 14.1. The highest BCUT2D eigenvalue weighted by molar-refractivity contribution is 7.86. The SMILES string of the molecule is C.C.CCC(C)(C)C(=O)OC(C)C(F)(F)S(=O)(=O)[O-]. The third-order valence-electron chi connectivity index (χ3n) is 2.53. The zero-order valence-corrected chi connectivity index (χ0v) is 10.8. The Morgan fingerprint density at radius 1 is 1.32 bits per heavy atom. The van der Waals surface area contributed by atoms with Gasteiger partial charge >= 0.3 is 11.2 Å². The molecule has 0 heterocycles. The molecule has 0 aromatic carbocycles. The zero-order valence-electron chi connectivity index (χ0n) is 9.99. The molecule has 0 spiro atoms. The van der Waals surface area contributed by atoms with Crippen LogP contribution < -0.4 is 0 Å². The second-order valence-electron chi connectivity index (χ2n) is 4.30. The van der Waals surface area contributed by atoms with E-state index >= 15 is 0 Å². The third kappa shape index (κ3) is 5.40. The van der Waals surface area contributed by atoms with Gasteiger partial charge in [0.05, 0.1) is 5.41 Å². The summed E-state index contributed by atoms with van der Waals surface area (Å²) < 4.78 is 61.2. The highest BCUT2D eigenvalue weighted by Crippen LogP contribution is 2.30. The van der Waals surface area contributed by atoms with Crippen molar-refractivity contribution in [1.82, 2.24) is 0 Å². The topological polar surface area (TPSA) is 83.5 Å². The van der Waals surface area contributed by atoms with Gasteiger partial charge in [-0.05, 0) is 27.2 Å². The number of carbonyl (C=O) groups is 1. The standard InChI is InChI=1S/C9H16F2O5S.2CH4/c1-5-8(3,4)7(12)16-6(2)9(10,11)17(13,14)15;;/h6H,5H2,1-4H3,(H,13,14,15);2*1H4/p-1. The van der Waals surface area contributed by atoms with Crippen LogP contribution in [0.5, 0.6) is 0 Å². The van der Waals surface area contributed by atoms with Crippen molar-refractivity contribution in [3.05, 3.63) is 0 Å². The van der Waals surface area contributed by atoms with E-state index in [0.717, 1.165) is 0 Å². The van der Waals surface area contributed by atoms with Crippen molar-refractivity contribution in [1.29, 1.82) is 0 Å². The van der Waals surface area contributed by atoms with Crippen LogP contribution in [0.4, 0.5) is 8.78 Å². The van der Waals surface area contributed by atoms with Crippen molar-refractivity contribution in [2.75, 3.05) is 0 Å². The highest BCUT2D eigenvalue weighted by Gasteiger charge is 2.47. The van der Waals surface area contributed by atoms with Gasteiger partial charge in [0, 0.05) is 0 Å². The van der Waals surface area contributed by atoms with E-state index in [1.807, 2.05) is 0 Å². The molecular weight excluding hydrogens is 282 g/mol. The summed E-state index contributed by atoms with van der Waals surface area (Å²) in [5.41, 5.74) is -1.02. The molecule has 1 atom stereocenters. The lowest BCUT2D eigenvalue weighted by molar-refractivity contribution is -0.170. The van der Waals surface area contributed by atoms with Crippen LogP contribution in [-0.2, 0) is 19.6 Å². The first kappa shape index (κ1) is 23.3. The monoisotopic (exact) mass is 305 g/mol. The third-order valence-corrected chi connectivity index (χ3v) is 3.53. The van der Waals surface area contributed by atoms with Gasteiger partial charge in [-0.15, -0.1) is 0 Å². The molecule has 0 radical (unpaired) electrons. The molecule has 0 amide bonds. The first-order valence-corrected chi connectivity index (χ1v) is 6.31. The minimum Gasteiger partial charge on any atom is -0.743 e. The first-order valence-electron chi connectivity index (χ1n) is 4.90. The Morgan fingerprint density at radius 3 is 1.95 bits per heavy atom. The molecule has 8 heteroatoms. The second kappa shape index (κ2) is 7.14. The van der Waals surface area contributed by atoms with E-state index in [1.54, 1.807) is 6.92 Å². The molecule has 0 fully saturated rings. The average molecular weight is 305 g/mol. The molecule has 1 unspecified atom stereocenters. The molecule has 0 aliphatic rings. The molecule has 0 aliphatic carbocycles. The number of ether oxygens (including phenoxy) is 1. The second-order valence-corrected chi connectivity index (χ2v) is 5.75. The lowest BCUT2D eigenvalue weighted by Gasteiger charge is -2.29. The average Bonchev–Trinajstić information content (AvgIpc) is 2.15. The van der Waals surface area contributed by atoms with Gasteiger partial charge in [-0.2, -0.15) is 8.78 Å². The normalized spacial score (nSPS) is 13.8. The lowest BCUT2D eigenvalue weighted by atomic mass is 9.91. The summed E-state index contributed by atoms with van der Waals surface area (Å²) in [5.74, 6) is -0.976. The quantitative estimate of drug-likeness (QED) is 0.576. The Hall–Kier alpha value is -0.760. The smallest absolute Gasteiger partial charge is 0.369 e. The van der Waals surface area contributed by atoms with Crippen LogP contribution >= 0.6 is 0 Å². The van der Waals surface area contributed by atoms with Crippen LogP contribution in [0.1, 0.15) is 49.0 Å². The summed E-state index contributed by atoms with van der Waals surface area (Å²) in [6.45, 7) is 5.24. The Kier molecular flexibility index (Phi) is 8.77. The number of esters is 1. The van der Waals surface area contributed by atoms with Crippen molar-refractivity contribution in [3.63, 3.8) is 0 Å². The van der Waals surface area contributed by atoms with Crippen LogP contribution in [0.2, 0.25) is 0 Å². The summed E-state index contributed by atoms with van der Waals surface area (Å²) >= 11 is 0. The maximum absolute atomic E-state index is 13.0. The van der Waals surface area contributed by atoms with Gasteiger partial charge in [0.2, 0.25) is 0 Å². The van der Waals surface area contributed by atoms with Crippen LogP contribution in [0.3, 0.4) is 0 Å². The van der Waals surface area contributed by atoms with Crippen LogP contribution in [-0.4, -0.2) is 30.3 Å². The summed E-state index contributed by atoms with van der Waals surface area (Å²) in [5, 5.41) is -4.63. The molecule has 5 nitrogen and oxygen atoms in total. The van der Waals surface area contributed by atoms with Crippen molar-refractivity contribution in [2.45, 2.75) is 60.3 Å². The molecule has 0 saturated heterocycles. The van der Waals surface area contributed by atoms with E-state index in [9.17, 15) is 26.5 Å². The Bertz CT molecular complexity index is 390. The summed E-state index contributed by atoms with van der Waals surface area (Å²) in [6.07, 6.45) is -1.99. The van der Waals surface area contributed by atoms with Gasteiger partial charge in [-0.25, -0.2) is 8.42 Å². The minimum atomic E-state index is -5.86. The van der Waals surface area contributed by atoms with Crippen molar-refractivity contribution in [3.8, 4) is 0 Å². The van der Waals surface area contributed by atoms with Crippen LogP contribution in [0.25, 0.3) is 0 Å². The fourth-order valence-corrected chi connectivity index (χ4v) is 1.19. The number of alkyl halides is 2. The van der Waals surface area contributed by atoms with Gasteiger partial charge in [0.1, 0.15) is 0 Å². The first-order chi connectivity index (χ1) is 7.36. The van der Waals surface area contributed by atoms with Crippen molar-refractivity contribution < 1.29 is 31.3 Å². The molecular formula is C11H23F2O5S-. The molecule has 118 valence electrons. The fourth-order valence-electron chi connectivity index (χ4n) is 0.736. The van der Waals surface area contributed by atoms with Gasteiger partial charge in [-0.3, -0.25) is 4.79 Å². The molecule has 0 saturated carbocycles. The van der Waals surface area contributed by atoms with Crippen molar-refractivity contribution >= 4 is 16.1 Å². The number of hydrogen-bond acceptors (Lipinski definition) is 5. The maximum Gasteiger partial charge on any atom is 0.369 e. The van der Waals surface area contributed by atoms with Crippen LogP contribution in [0, 0.1) is 5.41 Å². The minimum absolute atomic E-state index is 0. The van der Waals surface area contributed by atoms with E-state index in [4.69, 9.17) is 0 Å². The van der Waals surface area contributed by atoms with E-state index in [0.29, 0.717) is 13.3 Å². The number of hydrogen-bond donors (Lipinski definition) is 0. The summed E-state index contributed by atoms with van der Waals surface area (Å²) in [4.78, 5) is 11.4. The van der Waals surface area contributed by atoms with Gasteiger partial charge in [-0.1, -0.05) is 21.8 Å². The predicted molar refractivity (Wildman–Crippen MR) is 67.7 cm³/mol. The predicted octanol–water partition coefficient (Wildman–Crippen LogP) is 2.76. The van der Waals surface area contributed by atoms with E-state index < -0.39 is 32.9 Å². The van der Waals surface area contributed by atoms with E-state index in [1.165, 1.54) is 13.8 Å². The van der Waals surface area contributed by atoms with E-state index in [-0.39, 0.29) is 14.9 Å². The number of rotatable bonds is 5. The fraction of sp³-hybridized carbons (Fsp3) is 0.909. The lowest BCUT2D eigenvalue weighted by Crippen LogP contribution is -2.44. The molecule has 0 N–H and O–H groups in total. The largest absolute Gasteiger partial charge is 0.743 e. The number of carbonyl (C=O) groups excluding carboxylic acids is 1. The molecule has 0 aliphatic heterocycles. The molecule has 19 heavy (non-hydrogen) atoms. The Balaban J connectivity index is -0.00000128. The van der Waals surface area contributed by atoms with Gasteiger partial charge in [0.15, 0.2) is 16.2 Å². The molecule has 0 bridgehead atoms. The Morgan fingerprint density at radius 2 is 1.68 bits per heavy atom. The van der Waals surface area contributed by atoms with E-state index in [2.05, 4.69) is 4.74 Å². The van der Waals surface area contributed by atoms with Crippen LogP contribution in [0.15, 0.2) is 0 Å². The number of halogens is 2. The van der Waals surface area contributed by atoms with Gasteiger partial charge in [0.25, 0.3) is 0 Å². The molecule has 0 rings (SSSR count). The summed E-state index contributed by atoms with van der Waals surface area (Å²) in [6, 6.07) is 0. The molecule has 0 aromatic rings. The maximum atomic E-state index is 13.0. The van der Waals surface area contributed by atoms with Crippen molar-refractivity contribution in [2.24, 2.45) is 5.41 Å².